The average molecular weight is 580 g/mol. The second kappa shape index (κ2) is 12.2. The first-order valence-electron chi connectivity index (χ1n) is 12.6. The molecule has 40 heavy (non-hydrogen) atoms. The first kappa shape index (κ1) is 29.9. The van der Waals surface area contributed by atoms with E-state index in [9.17, 15) is 34.2 Å². The lowest BCUT2D eigenvalue weighted by Gasteiger charge is -2.39. The lowest BCUT2D eigenvalue weighted by Crippen LogP contribution is -2.60. The van der Waals surface area contributed by atoms with Gasteiger partial charge in [-0.2, -0.15) is 0 Å². The molecule has 2 aromatic rings. The lowest BCUT2D eigenvalue weighted by molar-refractivity contribution is -0.277. The number of carbonyl (C=O) groups excluding carboxylic acids is 1. The fourth-order valence-electron chi connectivity index (χ4n) is 5.16. The van der Waals surface area contributed by atoms with E-state index in [0.29, 0.717) is 35.1 Å². The van der Waals surface area contributed by atoms with Crippen molar-refractivity contribution in [3.05, 3.63) is 45.6 Å². The number of rotatable bonds is 7. The summed E-state index contributed by atoms with van der Waals surface area (Å²) >= 11 is 0. The molecule has 13 heteroatoms. The van der Waals surface area contributed by atoms with Gasteiger partial charge in [0.2, 0.25) is 17.9 Å². The van der Waals surface area contributed by atoms with Crippen LogP contribution in [-0.2, 0) is 26.8 Å². The van der Waals surface area contributed by atoms with E-state index >= 15 is 0 Å². The minimum atomic E-state index is -1.65. The number of aliphatic hydroxyl groups is 4. The quantitative estimate of drug-likeness (QED) is 0.292. The predicted molar refractivity (Wildman–Crippen MR) is 143 cm³/mol. The molecule has 3 unspecified atom stereocenters. The van der Waals surface area contributed by atoms with E-state index < -0.39 is 59.6 Å². The Morgan fingerprint density at radius 3 is 2.40 bits per heavy atom. The molecule has 12 nitrogen and oxygen atoms in total. The van der Waals surface area contributed by atoms with Gasteiger partial charge in [-0.05, 0) is 47.7 Å². The van der Waals surface area contributed by atoms with Crippen LogP contribution in [0, 0.1) is 0 Å². The van der Waals surface area contributed by atoms with Crippen molar-refractivity contribution >= 4 is 16.7 Å². The highest BCUT2D eigenvalue weighted by atomic mass is 32.2. The molecule has 7 atom stereocenters. The molecule has 2 aliphatic rings. The Hall–Kier alpha value is -3.07. The van der Waals surface area contributed by atoms with Crippen LogP contribution in [0.2, 0.25) is 0 Å². The van der Waals surface area contributed by atoms with Gasteiger partial charge >= 0.3 is 0 Å². The second-order valence-corrected chi connectivity index (χ2v) is 11.0. The highest BCUT2D eigenvalue weighted by Crippen LogP contribution is 2.50. The fourth-order valence-corrected chi connectivity index (χ4v) is 5.76. The number of hydrogen-bond donors (Lipinski definition) is 5. The number of ether oxygens (including phenoxy) is 4. The highest BCUT2D eigenvalue weighted by molar-refractivity contribution is 7.84. The summed E-state index contributed by atoms with van der Waals surface area (Å²) in [6, 6.07) is 5.62. The highest BCUT2D eigenvalue weighted by Gasteiger charge is 2.45. The minimum absolute atomic E-state index is 0.0853. The molecule has 1 fully saturated rings. The number of amides is 1. The topological polar surface area (TPSA) is 181 Å². The smallest absolute Gasteiger partial charge is 0.229 e. The number of carbonyl (C=O) groups is 1. The maximum Gasteiger partial charge on any atom is 0.229 e. The molecule has 0 aromatic heterocycles. The van der Waals surface area contributed by atoms with Gasteiger partial charge in [0.05, 0.1) is 42.6 Å². The molecule has 1 heterocycles. The summed E-state index contributed by atoms with van der Waals surface area (Å²) in [6.45, 7) is 0.751. The Morgan fingerprint density at radius 2 is 1.80 bits per heavy atom. The average Bonchev–Trinajstić information content (AvgIpc) is 3.16. The zero-order valence-electron chi connectivity index (χ0n) is 22.4. The SMILES string of the molecule is COc1c(O[C@@H]2OC(CO)[C@@H](O)[C@H](O)[C@H]2O)cc2c(c1OC)-c1ccc(S(C)=O)c(=O)cc1C(NC(C)=O)CC2. The molecule has 0 radical (unpaired) electrons. The Kier molecular flexibility index (Phi) is 9.12. The van der Waals surface area contributed by atoms with E-state index in [1.807, 2.05) is 0 Å². The van der Waals surface area contributed by atoms with Gasteiger partial charge in [0, 0.05) is 18.7 Å². The zero-order chi connectivity index (χ0) is 29.3. The molecule has 1 aliphatic heterocycles. The summed E-state index contributed by atoms with van der Waals surface area (Å²) in [5, 5.41) is 43.3. The van der Waals surface area contributed by atoms with Crippen LogP contribution in [0.15, 0.2) is 34.0 Å². The van der Waals surface area contributed by atoms with Gasteiger partial charge in [-0.15, -0.1) is 0 Å². The summed E-state index contributed by atoms with van der Waals surface area (Å²) in [7, 11) is 1.23. The number of fused-ring (bicyclic) bond motifs is 3. The van der Waals surface area contributed by atoms with Crippen molar-refractivity contribution in [2.75, 3.05) is 27.1 Å². The summed E-state index contributed by atoms with van der Waals surface area (Å²) in [5.41, 5.74) is 1.87. The maximum absolute atomic E-state index is 13.0. The van der Waals surface area contributed by atoms with Gasteiger partial charge in [-0.25, -0.2) is 0 Å². The molecule has 218 valence electrons. The molecule has 4 rings (SSSR count). The van der Waals surface area contributed by atoms with Gasteiger partial charge in [-0.1, -0.05) is 6.07 Å². The van der Waals surface area contributed by atoms with Gasteiger partial charge in [0.25, 0.3) is 0 Å². The number of aliphatic hydroxyl groups excluding tert-OH is 4. The fraction of sp³-hybridized carbons (Fsp3) is 0.481. The molecule has 0 bridgehead atoms. The molecule has 1 amide bonds. The third-order valence-electron chi connectivity index (χ3n) is 7.06. The third kappa shape index (κ3) is 5.57. The maximum atomic E-state index is 13.0. The number of hydrogen-bond acceptors (Lipinski definition) is 11. The van der Waals surface area contributed by atoms with Crippen LogP contribution in [0.4, 0.5) is 0 Å². The predicted octanol–water partition coefficient (Wildman–Crippen LogP) is -0.229. The molecule has 0 saturated carbocycles. The first-order valence-corrected chi connectivity index (χ1v) is 14.1. The number of aryl methyl sites for hydroxylation is 1. The summed E-state index contributed by atoms with van der Waals surface area (Å²) in [6.07, 6.45) is -5.31. The van der Waals surface area contributed by atoms with Crippen molar-refractivity contribution in [3.63, 3.8) is 0 Å². The molecule has 1 saturated heterocycles. The largest absolute Gasteiger partial charge is 0.492 e. The van der Waals surface area contributed by atoms with Crippen molar-refractivity contribution in [1.82, 2.24) is 5.32 Å². The Morgan fingerprint density at radius 1 is 1.10 bits per heavy atom. The first-order chi connectivity index (χ1) is 19.0. The van der Waals surface area contributed by atoms with Crippen molar-refractivity contribution in [2.24, 2.45) is 0 Å². The van der Waals surface area contributed by atoms with Crippen LogP contribution in [0.25, 0.3) is 11.1 Å². The van der Waals surface area contributed by atoms with Gasteiger partial charge < -0.3 is 44.7 Å². The van der Waals surface area contributed by atoms with Crippen LogP contribution in [0.5, 0.6) is 17.2 Å². The van der Waals surface area contributed by atoms with E-state index in [-0.39, 0.29) is 28.1 Å². The van der Waals surface area contributed by atoms with Crippen molar-refractivity contribution in [2.45, 2.75) is 61.4 Å². The van der Waals surface area contributed by atoms with Gasteiger partial charge in [-0.3, -0.25) is 13.8 Å². The number of methoxy groups -OCH3 is 2. The number of benzene rings is 1. The van der Waals surface area contributed by atoms with E-state index in [1.165, 1.54) is 39.5 Å². The van der Waals surface area contributed by atoms with Gasteiger partial charge in [0.1, 0.15) is 24.4 Å². The monoisotopic (exact) mass is 579 g/mol. The Labute approximate surface area is 232 Å². The standard InChI is InChI=1S/C27H33NO11S/c1-12(30)28-16-7-5-13-9-18(38-27-24(34)23(33)22(32)19(11-29)39-27)25(36-2)26(37-3)21(13)14-6-8-20(40(4)35)17(31)10-15(14)16/h6,8-10,16,19,22-24,27,29,32-34H,5,7,11H2,1-4H3,(H,28,30)/t16?,19?,22-,23+,24-,27-,40?/m1/s1. The molecule has 5 N–H and O–H groups in total. The lowest BCUT2D eigenvalue weighted by atomic mass is 9.95. The molecular formula is C27H33NO11S. The van der Waals surface area contributed by atoms with E-state index in [2.05, 4.69) is 5.32 Å². The molecule has 1 aliphatic carbocycles. The van der Waals surface area contributed by atoms with Crippen LogP contribution < -0.4 is 25.0 Å². The van der Waals surface area contributed by atoms with E-state index in [1.54, 1.807) is 12.1 Å². The summed E-state index contributed by atoms with van der Waals surface area (Å²) in [5.74, 6) is 0.121. The minimum Gasteiger partial charge on any atom is -0.492 e. The van der Waals surface area contributed by atoms with E-state index in [0.717, 1.165) is 0 Å². The Balaban J connectivity index is 1.91. The summed E-state index contributed by atoms with van der Waals surface area (Å²) < 4.78 is 35.1. The van der Waals surface area contributed by atoms with Crippen molar-refractivity contribution < 1.29 is 48.4 Å². The Bertz CT molecular complexity index is 1370. The molecule has 0 spiro atoms. The van der Waals surface area contributed by atoms with Crippen LogP contribution >= 0.6 is 0 Å². The summed E-state index contributed by atoms with van der Waals surface area (Å²) in [4.78, 5) is 25.2. The molecular weight excluding hydrogens is 546 g/mol. The van der Waals surface area contributed by atoms with Crippen LogP contribution in [0.3, 0.4) is 0 Å². The van der Waals surface area contributed by atoms with Crippen molar-refractivity contribution in [3.8, 4) is 28.4 Å². The normalized spacial score (nSPS) is 26.5. The van der Waals surface area contributed by atoms with Crippen LogP contribution in [0.1, 0.15) is 30.5 Å². The van der Waals surface area contributed by atoms with Crippen LogP contribution in [-0.4, -0.2) is 88.3 Å². The third-order valence-corrected chi connectivity index (χ3v) is 8.02. The molecule has 2 aromatic carbocycles. The van der Waals surface area contributed by atoms with E-state index in [4.69, 9.17) is 18.9 Å². The second-order valence-electron chi connectivity index (χ2n) is 9.61. The number of nitrogens with one attached hydrogen (secondary N) is 1. The van der Waals surface area contributed by atoms with Gasteiger partial charge in [0.15, 0.2) is 16.9 Å². The zero-order valence-corrected chi connectivity index (χ0v) is 23.3. The van der Waals surface area contributed by atoms with Crippen molar-refractivity contribution in [1.29, 1.82) is 0 Å².